The van der Waals surface area contributed by atoms with E-state index in [1.165, 1.54) is 38.8 Å². The predicted octanol–water partition coefficient (Wildman–Crippen LogP) is 4.05. The Morgan fingerprint density at radius 1 is 1.18 bits per heavy atom. The van der Waals surface area contributed by atoms with Gasteiger partial charge in [0, 0.05) is 6.04 Å². The van der Waals surface area contributed by atoms with Crippen molar-refractivity contribution in [3.8, 4) is 0 Å². The van der Waals surface area contributed by atoms with Gasteiger partial charge in [-0.25, -0.2) is 0 Å². The minimum atomic E-state index is 0.754. The second kappa shape index (κ2) is 6.20. The van der Waals surface area contributed by atoms with Gasteiger partial charge in [-0.2, -0.15) is 0 Å². The lowest BCUT2D eigenvalue weighted by Crippen LogP contribution is -2.33. The van der Waals surface area contributed by atoms with Crippen molar-refractivity contribution in [2.24, 2.45) is 0 Å². The van der Waals surface area contributed by atoms with Gasteiger partial charge in [-0.1, -0.05) is 37.3 Å². The molecule has 1 heterocycles. The van der Waals surface area contributed by atoms with Crippen LogP contribution in [0.4, 0.5) is 0 Å². The van der Waals surface area contributed by atoms with Crippen molar-refractivity contribution in [3.63, 3.8) is 0 Å². The van der Waals surface area contributed by atoms with E-state index in [2.05, 4.69) is 49.1 Å². The molecule has 1 fully saturated rings. The molecule has 1 heteroatoms. The summed E-state index contributed by atoms with van der Waals surface area (Å²) in [6.07, 6.45) is 5.31. The zero-order valence-corrected chi connectivity index (χ0v) is 11.2. The average molecular weight is 231 g/mol. The highest BCUT2D eigenvalue weighted by molar-refractivity contribution is 5.19. The summed E-state index contributed by atoms with van der Waals surface area (Å²) in [5.74, 6) is 0.783. The van der Waals surface area contributed by atoms with Gasteiger partial charge in [0.25, 0.3) is 0 Å². The van der Waals surface area contributed by atoms with Crippen molar-refractivity contribution < 1.29 is 0 Å². The summed E-state index contributed by atoms with van der Waals surface area (Å²) < 4.78 is 0. The Labute approximate surface area is 106 Å². The van der Waals surface area contributed by atoms with Crippen molar-refractivity contribution in [1.82, 2.24) is 4.90 Å². The first-order chi connectivity index (χ1) is 8.31. The highest BCUT2D eigenvalue weighted by Gasteiger charge is 2.20. The molecule has 1 aliphatic rings. The number of likely N-dealkylation sites (tertiary alicyclic amines) is 1. The third kappa shape index (κ3) is 3.32. The average Bonchev–Trinajstić information content (AvgIpc) is 2.64. The van der Waals surface area contributed by atoms with Crippen LogP contribution in [-0.2, 0) is 0 Å². The van der Waals surface area contributed by atoms with Crippen LogP contribution in [0.15, 0.2) is 30.3 Å². The Kier molecular flexibility index (Phi) is 4.61. The van der Waals surface area contributed by atoms with E-state index in [0.29, 0.717) is 0 Å². The standard InChI is InChI=1S/C16H25N/c1-3-14(2)17-12-7-10-16(11-13-17)15-8-5-4-6-9-15/h4-6,8-9,14,16H,3,7,10-13H2,1-2H3. The minimum Gasteiger partial charge on any atom is -0.301 e. The quantitative estimate of drug-likeness (QED) is 0.758. The van der Waals surface area contributed by atoms with Crippen LogP contribution in [0.2, 0.25) is 0 Å². The number of benzene rings is 1. The molecule has 1 nitrogen and oxygen atoms in total. The molecule has 1 aliphatic heterocycles. The Balaban J connectivity index is 1.96. The SMILES string of the molecule is CCC(C)N1CCCC(c2ccccc2)CC1. The van der Waals surface area contributed by atoms with E-state index in [1.807, 2.05) is 0 Å². The van der Waals surface area contributed by atoms with Gasteiger partial charge in [0.1, 0.15) is 0 Å². The van der Waals surface area contributed by atoms with Crippen LogP contribution in [0.1, 0.15) is 51.0 Å². The number of hydrogen-bond acceptors (Lipinski definition) is 1. The van der Waals surface area contributed by atoms with Gasteiger partial charge in [-0.15, -0.1) is 0 Å². The fourth-order valence-electron chi connectivity index (χ4n) is 2.88. The van der Waals surface area contributed by atoms with Gasteiger partial charge >= 0.3 is 0 Å². The number of rotatable bonds is 3. The van der Waals surface area contributed by atoms with E-state index in [9.17, 15) is 0 Å². The van der Waals surface area contributed by atoms with E-state index < -0.39 is 0 Å². The van der Waals surface area contributed by atoms with Crippen LogP contribution in [0.3, 0.4) is 0 Å². The van der Waals surface area contributed by atoms with Gasteiger partial charge in [0.05, 0.1) is 0 Å². The van der Waals surface area contributed by atoms with Crippen molar-refractivity contribution in [1.29, 1.82) is 0 Å². The maximum Gasteiger partial charge on any atom is 0.00643 e. The zero-order valence-electron chi connectivity index (χ0n) is 11.2. The van der Waals surface area contributed by atoms with Crippen LogP contribution in [0, 0.1) is 0 Å². The minimum absolute atomic E-state index is 0.754. The van der Waals surface area contributed by atoms with E-state index in [4.69, 9.17) is 0 Å². The maximum atomic E-state index is 2.67. The van der Waals surface area contributed by atoms with Crippen LogP contribution in [0.5, 0.6) is 0 Å². The van der Waals surface area contributed by atoms with Crippen LogP contribution < -0.4 is 0 Å². The summed E-state index contributed by atoms with van der Waals surface area (Å²) in [5.41, 5.74) is 1.54. The summed E-state index contributed by atoms with van der Waals surface area (Å²) >= 11 is 0. The zero-order chi connectivity index (χ0) is 12.1. The Hall–Kier alpha value is -0.820. The first kappa shape index (κ1) is 12.6. The highest BCUT2D eigenvalue weighted by Crippen LogP contribution is 2.28. The molecule has 2 atom stereocenters. The lowest BCUT2D eigenvalue weighted by Gasteiger charge is -2.26. The summed E-state index contributed by atoms with van der Waals surface area (Å²) in [4.78, 5) is 2.67. The van der Waals surface area contributed by atoms with Gasteiger partial charge in [-0.3, -0.25) is 0 Å². The molecule has 0 N–H and O–H groups in total. The lowest BCUT2D eigenvalue weighted by atomic mass is 9.92. The molecule has 2 rings (SSSR count). The number of hydrogen-bond donors (Lipinski definition) is 0. The van der Waals surface area contributed by atoms with Crippen LogP contribution in [-0.4, -0.2) is 24.0 Å². The van der Waals surface area contributed by atoms with Crippen molar-refractivity contribution in [2.75, 3.05) is 13.1 Å². The Morgan fingerprint density at radius 2 is 1.94 bits per heavy atom. The summed E-state index contributed by atoms with van der Waals surface area (Å²) in [5, 5.41) is 0. The largest absolute Gasteiger partial charge is 0.301 e. The molecule has 0 spiro atoms. The fraction of sp³-hybridized carbons (Fsp3) is 0.625. The molecule has 0 aliphatic carbocycles. The fourth-order valence-corrected chi connectivity index (χ4v) is 2.88. The van der Waals surface area contributed by atoms with Crippen molar-refractivity contribution >= 4 is 0 Å². The molecule has 0 bridgehead atoms. The number of nitrogens with zero attached hydrogens (tertiary/aromatic N) is 1. The van der Waals surface area contributed by atoms with E-state index >= 15 is 0 Å². The van der Waals surface area contributed by atoms with Gasteiger partial charge in [-0.05, 0) is 57.2 Å². The topological polar surface area (TPSA) is 3.24 Å². The predicted molar refractivity (Wildman–Crippen MR) is 74.4 cm³/mol. The molecule has 0 radical (unpaired) electrons. The second-order valence-electron chi connectivity index (χ2n) is 5.33. The van der Waals surface area contributed by atoms with Gasteiger partial charge in [0.15, 0.2) is 0 Å². The molecule has 94 valence electrons. The highest BCUT2D eigenvalue weighted by atomic mass is 15.1. The molecule has 1 aromatic carbocycles. The molecule has 0 amide bonds. The molecule has 2 unspecified atom stereocenters. The van der Waals surface area contributed by atoms with E-state index in [-0.39, 0.29) is 0 Å². The Bertz CT molecular complexity index is 320. The van der Waals surface area contributed by atoms with Crippen molar-refractivity contribution in [3.05, 3.63) is 35.9 Å². The third-order valence-electron chi connectivity index (χ3n) is 4.25. The van der Waals surface area contributed by atoms with Crippen LogP contribution in [0.25, 0.3) is 0 Å². The third-order valence-corrected chi connectivity index (χ3v) is 4.25. The summed E-state index contributed by atoms with van der Waals surface area (Å²) in [6.45, 7) is 7.22. The second-order valence-corrected chi connectivity index (χ2v) is 5.33. The lowest BCUT2D eigenvalue weighted by molar-refractivity contribution is 0.211. The molecule has 1 aromatic rings. The van der Waals surface area contributed by atoms with Crippen LogP contribution >= 0.6 is 0 Å². The first-order valence-corrected chi connectivity index (χ1v) is 7.10. The Morgan fingerprint density at radius 3 is 2.65 bits per heavy atom. The molecular weight excluding hydrogens is 206 g/mol. The maximum absolute atomic E-state index is 2.67. The van der Waals surface area contributed by atoms with E-state index in [0.717, 1.165) is 12.0 Å². The molecule has 0 aromatic heterocycles. The molecule has 17 heavy (non-hydrogen) atoms. The van der Waals surface area contributed by atoms with Crippen molar-refractivity contribution in [2.45, 2.75) is 51.5 Å². The normalized spacial score (nSPS) is 24.2. The molecule has 1 saturated heterocycles. The van der Waals surface area contributed by atoms with E-state index in [1.54, 1.807) is 5.56 Å². The smallest absolute Gasteiger partial charge is 0.00643 e. The van der Waals surface area contributed by atoms with Gasteiger partial charge < -0.3 is 4.90 Å². The molecule has 0 saturated carbocycles. The summed E-state index contributed by atoms with van der Waals surface area (Å²) in [7, 11) is 0. The monoisotopic (exact) mass is 231 g/mol. The molecular formula is C16H25N. The first-order valence-electron chi connectivity index (χ1n) is 7.10. The van der Waals surface area contributed by atoms with Gasteiger partial charge in [0.2, 0.25) is 0 Å². The summed E-state index contributed by atoms with van der Waals surface area (Å²) in [6, 6.07) is 11.8.